The number of rotatable bonds is 8. The first kappa shape index (κ1) is 23.2. The summed E-state index contributed by atoms with van der Waals surface area (Å²) >= 11 is 7.62. The summed E-state index contributed by atoms with van der Waals surface area (Å²) in [7, 11) is 0. The molecule has 0 radical (unpaired) electrons. The van der Waals surface area contributed by atoms with Crippen LogP contribution in [-0.2, 0) is 11.3 Å². The van der Waals surface area contributed by atoms with E-state index in [1.165, 1.54) is 11.3 Å². The molecule has 0 spiro atoms. The molecular formula is C24H24ClN3O4S. The van der Waals surface area contributed by atoms with Crippen molar-refractivity contribution in [2.75, 3.05) is 18.4 Å². The number of carbonyl (C=O) groups excluding carboxylic acids is 1. The topological polar surface area (TPSA) is 91.8 Å². The van der Waals surface area contributed by atoms with E-state index in [0.717, 1.165) is 16.0 Å². The number of likely N-dealkylation sites (tertiary alicyclic amines) is 1. The quantitative estimate of drug-likeness (QED) is 0.465. The lowest BCUT2D eigenvalue weighted by molar-refractivity contribution is -0.147. The van der Waals surface area contributed by atoms with Gasteiger partial charge in [-0.05, 0) is 55.3 Å². The largest absolute Gasteiger partial charge is 0.489 e. The Labute approximate surface area is 201 Å². The molecule has 1 fully saturated rings. The van der Waals surface area contributed by atoms with Gasteiger partial charge in [0.25, 0.3) is 5.91 Å². The second-order valence-electron chi connectivity index (χ2n) is 8.22. The summed E-state index contributed by atoms with van der Waals surface area (Å²) in [4.78, 5) is 30.7. The van der Waals surface area contributed by atoms with E-state index < -0.39 is 5.97 Å². The number of aromatic nitrogens is 1. The first-order valence-electron chi connectivity index (χ1n) is 10.6. The lowest BCUT2D eigenvalue weighted by Crippen LogP contribution is -2.49. The van der Waals surface area contributed by atoms with Crippen LogP contribution < -0.4 is 10.1 Å². The van der Waals surface area contributed by atoms with Gasteiger partial charge in [0.05, 0.1) is 21.9 Å². The molecule has 0 atom stereocenters. The zero-order chi connectivity index (χ0) is 23.5. The number of nitrogens with zero attached hydrogens (tertiary/aromatic N) is 2. The number of hydrogen-bond acceptors (Lipinski definition) is 6. The lowest BCUT2D eigenvalue weighted by atomic mass is 9.99. The number of carbonyl (C=O) groups is 2. The average molecular weight is 486 g/mol. The van der Waals surface area contributed by atoms with Crippen molar-refractivity contribution in [1.29, 1.82) is 0 Å². The zero-order valence-corrected chi connectivity index (χ0v) is 19.8. The van der Waals surface area contributed by atoms with Crippen LogP contribution in [0.15, 0.2) is 48.7 Å². The standard InChI is InChI=1S/C24H24ClN3O4S/c1-14(2)32-20-8-5-16(9-19(20)25)21-10-26-23(33-21)22(29)27-18-6-3-15(4-7-18)11-28-12-17(13-28)24(30)31/h3-10,14,17H,11-13H2,1-2H3,(H,27,29)(H,30,31). The van der Waals surface area contributed by atoms with Crippen molar-refractivity contribution in [3.05, 3.63) is 64.3 Å². The molecule has 0 bridgehead atoms. The third-order valence-corrected chi connectivity index (χ3v) is 6.54. The van der Waals surface area contributed by atoms with Gasteiger partial charge in [-0.25, -0.2) is 4.98 Å². The van der Waals surface area contributed by atoms with E-state index in [9.17, 15) is 9.59 Å². The molecule has 0 unspecified atom stereocenters. The molecule has 1 aliphatic heterocycles. The van der Waals surface area contributed by atoms with Gasteiger partial charge in [0.15, 0.2) is 5.01 Å². The van der Waals surface area contributed by atoms with Crippen molar-refractivity contribution in [2.45, 2.75) is 26.5 Å². The zero-order valence-electron chi connectivity index (χ0n) is 18.2. The van der Waals surface area contributed by atoms with Crippen molar-refractivity contribution >= 4 is 40.5 Å². The Kier molecular flexibility index (Phi) is 6.97. The van der Waals surface area contributed by atoms with Crippen molar-refractivity contribution in [2.24, 2.45) is 5.92 Å². The smallest absolute Gasteiger partial charge is 0.309 e. The van der Waals surface area contributed by atoms with Crippen molar-refractivity contribution in [3.8, 4) is 16.2 Å². The second kappa shape index (κ2) is 9.91. The number of thiazole rings is 1. The maximum atomic E-state index is 12.6. The van der Waals surface area contributed by atoms with E-state index in [0.29, 0.717) is 41.1 Å². The SMILES string of the molecule is CC(C)Oc1ccc(-c2cnc(C(=O)Nc3ccc(CN4CC(C(=O)O)C4)cc3)s2)cc1Cl. The molecule has 2 N–H and O–H groups in total. The fraction of sp³-hybridized carbons (Fsp3) is 0.292. The number of halogens is 1. The first-order valence-corrected chi connectivity index (χ1v) is 11.8. The molecule has 33 heavy (non-hydrogen) atoms. The number of benzene rings is 2. The van der Waals surface area contributed by atoms with Crippen LogP contribution >= 0.6 is 22.9 Å². The lowest BCUT2D eigenvalue weighted by Gasteiger charge is -2.36. The van der Waals surface area contributed by atoms with Gasteiger partial charge in [-0.3, -0.25) is 14.5 Å². The molecule has 3 aromatic rings. The van der Waals surface area contributed by atoms with Crippen LogP contribution in [0, 0.1) is 5.92 Å². The van der Waals surface area contributed by atoms with Crippen LogP contribution in [-0.4, -0.2) is 46.1 Å². The summed E-state index contributed by atoms with van der Waals surface area (Å²) < 4.78 is 5.66. The molecule has 2 aromatic carbocycles. The highest BCUT2D eigenvalue weighted by molar-refractivity contribution is 7.17. The first-order chi connectivity index (χ1) is 15.8. The molecule has 4 rings (SSSR count). The Morgan fingerprint density at radius 1 is 1.24 bits per heavy atom. The van der Waals surface area contributed by atoms with Crippen LogP contribution in [0.3, 0.4) is 0 Å². The summed E-state index contributed by atoms with van der Waals surface area (Å²) in [6, 6.07) is 13.1. The van der Waals surface area contributed by atoms with E-state index >= 15 is 0 Å². The molecule has 1 aromatic heterocycles. The molecule has 1 saturated heterocycles. The number of carboxylic acids is 1. The van der Waals surface area contributed by atoms with Gasteiger partial charge < -0.3 is 15.2 Å². The highest BCUT2D eigenvalue weighted by Gasteiger charge is 2.32. The molecular weight excluding hydrogens is 462 g/mol. The predicted octanol–water partition coefficient (Wildman–Crippen LogP) is 5.02. The fourth-order valence-corrected chi connectivity index (χ4v) is 4.54. The minimum atomic E-state index is -0.741. The number of carboxylic acid groups (broad SMARTS) is 1. The predicted molar refractivity (Wildman–Crippen MR) is 129 cm³/mol. The number of anilines is 1. The molecule has 9 heteroatoms. The highest BCUT2D eigenvalue weighted by Crippen LogP contribution is 2.33. The Bertz CT molecular complexity index is 1160. The molecule has 1 aliphatic rings. The minimum Gasteiger partial charge on any atom is -0.489 e. The maximum absolute atomic E-state index is 12.6. The molecule has 0 aliphatic carbocycles. The molecule has 172 valence electrons. The van der Waals surface area contributed by atoms with E-state index in [1.807, 2.05) is 56.3 Å². The summed E-state index contributed by atoms with van der Waals surface area (Å²) in [6.07, 6.45) is 1.69. The Balaban J connectivity index is 1.35. The fourth-order valence-electron chi connectivity index (χ4n) is 3.51. The third-order valence-electron chi connectivity index (χ3n) is 5.20. The van der Waals surface area contributed by atoms with Crippen LogP contribution in [0.1, 0.15) is 29.2 Å². The van der Waals surface area contributed by atoms with Crippen LogP contribution in [0.2, 0.25) is 5.02 Å². The van der Waals surface area contributed by atoms with E-state index in [4.69, 9.17) is 21.4 Å². The highest BCUT2D eigenvalue weighted by atomic mass is 35.5. The average Bonchev–Trinajstić information content (AvgIpc) is 3.23. The normalized spacial score (nSPS) is 14.2. The molecule has 2 heterocycles. The van der Waals surface area contributed by atoms with Crippen molar-refractivity contribution in [1.82, 2.24) is 9.88 Å². The number of ether oxygens (including phenoxy) is 1. The van der Waals surface area contributed by atoms with Gasteiger partial charge in [0.2, 0.25) is 0 Å². The second-order valence-corrected chi connectivity index (χ2v) is 9.66. The van der Waals surface area contributed by atoms with Crippen LogP contribution in [0.4, 0.5) is 5.69 Å². The molecule has 7 nitrogen and oxygen atoms in total. The van der Waals surface area contributed by atoms with E-state index in [-0.39, 0.29) is 17.9 Å². The number of nitrogens with one attached hydrogen (secondary N) is 1. The van der Waals surface area contributed by atoms with Gasteiger partial charge in [0, 0.05) is 31.5 Å². The minimum absolute atomic E-state index is 0.0288. The third kappa shape index (κ3) is 5.71. The van der Waals surface area contributed by atoms with Gasteiger partial charge in [-0.15, -0.1) is 11.3 Å². The van der Waals surface area contributed by atoms with Crippen LogP contribution in [0.25, 0.3) is 10.4 Å². The van der Waals surface area contributed by atoms with Gasteiger partial charge in [-0.2, -0.15) is 0 Å². The van der Waals surface area contributed by atoms with Gasteiger partial charge in [-0.1, -0.05) is 23.7 Å². The van der Waals surface area contributed by atoms with E-state index in [2.05, 4.69) is 15.2 Å². The Morgan fingerprint density at radius 2 is 1.97 bits per heavy atom. The van der Waals surface area contributed by atoms with Gasteiger partial charge >= 0.3 is 5.97 Å². The molecule has 0 saturated carbocycles. The summed E-state index contributed by atoms with van der Waals surface area (Å²) in [6.45, 7) is 5.71. The maximum Gasteiger partial charge on any atom is 0.309 e. The van der Waals surface area contributed by atoms with Crippen molar-refractivity contribution in [3.63, 3.8) is 0 Å². The number of hydrogen-bond donors (Lipinski definition) is 2. The summed E-state index contributed by atoms with van der Waals surface area (Å²) in [5.41, 5.74) is 2.61. The van der Waals surface area contributed by atoms with E-state index in [1.54, 1.807) is 6.20 Å². The number of aliphatic carboxylic acids is 1. The van der Waals surface area contributed by atoms with Crippen LogP contribution in [0.5, 0.6) is 5.75 Å². The summed E-state index contributed by atoms with van der Waals surface area (Å²) in [5.74, 6) is -0.668. The Hall–Kier alpha value is -2.94. The monoisotopic (exact) mass is 485 g/mol. The Morgan fingerprint density at radius 3 is 2.61 bits per heavy atom. The molecule has 1 amide bonds. The van der Waals surface area contributed by atoms with Crippen molar-refractivity contribution < 1.29 is 19.4 Å². The van der Waals surface area contributed by atoms with Gasteiger partial charge in [0.1, 0.15) is 5.75 Å². The number of amides is 1. The summed E-state index contributed by atoms with van der Waals surface area (Å²) in [5, 5.41) is 12.7.